The topological polar surface area (TPSA) is 85.4 Å². The number of thiazole rings is 1. The van der Waals surface area contributed by atoms with Gasteiger partial charge in [0.15, 0.2) is 11.6 Å². The van der Waals surface area contributed by atoms with Crippen molar-refractivity contribution in [2.45, 2.75) is 11.9 Å². The predicted molar refractivity (Wildman–Crippen MR) is 107 cm³/mol. The van der Waals surface area contributed by atoms with Gasteiger partial charge in [0.05, 0.1) is 0 Å². The van der Waals surface area contributed by atoms with Crippen LogP contribution >= 0.6 is 27.3 Å². The van der Waals surface area contributed by atoms with E-state index in [0.717, 1.165) is 15.6 Å². The summed E-state index contributed by atoms with van der Waals surface area (Å²) < 4.78 is 32.9. The number of ether oxygens (including phenoxy) is 1. The average molecular weight is 467 g/mol. The number of hydrogen-bond acceptors (Lipinski definition) is 6. The van der Waals surface area contributed by atoms with Crippen LogP contribution in [0.15, 0.2) is 63.4 Å². The van der Waals surface area contributed by atoms with Crippen LogP contribution in [0.2, 0.25) is 0 Å². The number of rotatable bonds is 6. The van der Waals surface area contributed by atoms with Crippen molar-refractivity contribution in [2.75, 3.05) is 6.61 Å². The molecule has 2 aromatic carbocycles. The van der Waals surface area contributed by atoms with E-state index in [1.165, 1.54) is 16.7 Å². The number of sulfonamides is 1. The van der Waals surface area contributed by atoms with Crippen LogP contribution in [0.3, 0.4) is 0 Å². The van der Waals surface area contributed by atoms with Gasteiger partial charge in [-0.05, 0) is 30.7 Å². The lowest BCUT2D eigenvalue weighted by Crippen LogP contribution is -2.34. The number of aromatic nitrogens is 1. The zero-order chi connectivity index (χ0) is 19.4. The van der Waals surface area contributed by atoms with E-state index < -0.39 is 22.5 Å². The van der Waals surface area contributed by atoms with Gasteiger partial charge < -0.3 is 4.74 Å². The Bertz CT molecular complexity index is 1070. The van der Waals surface area contributed by atoms with Gasteiger partial charge in [0.1, 0.15) is 10.8 Å². The Morgan fingerprint density at radius 1 is 1.22 bits per heavy atom. The number of halogens is 1. The molecule has 0 aliphatic rings. The molecule has 0 aliphatic heterocycles. The number of hydrogen-bond donors (Lipinski definition) is 1. The molecule has 0 saturated carbocycles. The Labute approximate surface area is 169 Å². The molecule has 3 rings (SSSR count). The Kier molecular flexibility index (Phi) is 5.93. The molecule has 0 saturated heterocycles. The Morgan fingerprint density at radius 2 is 1.96 bits per heavy atom. The fraction of sp³-hybridized carbons (Fsp3) is 0.111. The maximum Gasteiger partial charge on any atom is 0.282 e. The first-order valence-electron chi connectivity index (χ1n) is 7.81. The van der Waals surface area contributed by atoms with Crippen LogP contribution in [-0.4, -0.2) is 25.9 Å². The third kappa shape index (κ3) is 4.94. The van der Waals surface area contributed by atoms with Gasteiger partial charge in [-0.3, -0.25) is 4.79 Å². The smallest absolute Gasteiger partial charge is 0.282 e. The molecule has 1 heterocycles. The molecule has 0 bridgehead atoms. The largest absolute Gasteiger partial charge is 0.484 e. The van der Waals surface area contributed by atoms with Crippen LogP contribution in [0.25, 0.3) is 10.6 Å². The summed E-state index contributed by atoms with van der Waals surface area (Å²) >= 11 is 4.57. The minimum Gasteiger partial charge on any atom is -0.484 e. The Morgan fingerprint density at radius 3 is 2.67 bits per heavy atom. The molecule has 3 aromatic rings. The molecule has 27 heavy (non-hydrogen) atoms. The van der Waals surface area contributed by atoms with Gasteiger partial charge in [0, 0.05) is 15.4 Å². The molecule has 1 aromatic heterocycles. The molecule has 9 heteroatoms. The highest BCUT2D eigenvalue weighted by Gasteiger charge is 2.21. The highest BCUT2D eigenvalue weighted by molar-refractivity contribution is 9.10. The van der Waals surface area contributed by atoms with E-state index in [0.29, 0.717) is 10.8 Å². The first-order chi connectivity index (χ1) is 12.8. The van der Waals surface area contributed by atoms with Crippen LogP contribution < -0.4 is 9.46 Å². The first-order valence-corrected chi connectivity index (χ1v) is 11.0. The fourth-order valence-corrected chi connectivity index (χ4v) is 4.50. The van der Waals surface area contributed by atoms with Crippen LogP contribution in [0.1, 0.15) is 5.56 Å². The van der Waals surface area contributed by atoms with Gasteiger partial charge in [-0.15, -0.1) is 11.3 Å². The van der Waals surface area contributed by atoms with E-state index in [9.17, 15) is 13.2 Å². The number of nitrogens with zero attached hydrogens (tertiary/aromatic N) is 1. The zero-order valence-electron chi connectivity index (χ0n) is 14.2. The van der Waals surface area contributed by atoms with Crippen molar-refractivity contribution in [2.24, 2.45) is 0 Å². The molecular weight excluding hydrogens is 452 g/mol. The summed E-state index contributed by atoms with van der Waals surface area (Å²) in [5.41, 5.74) is 1.75. The van der Waals surface area contributed by atoms with Gasteiger partial charge in [-0.25, -0.2) is 9.71 Å². The lowest BCUT2D eigenvalue weighted by atomic mass is 10.2. The monoisotopic (exact) mass is 466 g/mol. The van der Waals surface area contributed by atoms with Crippen LogP contribution in [-0.2, 0) is 14.8 Å². The summed E-state index contributed by atoms with van der Waals surface area (Å²) in [5, 5.41) is 1.76. The second-order valence-corrected chi connectivity index (χ2v) is 8.93. The van der Waals surface area contributed by atoms with Gasteiger partial charge in [-0.2, -0.15) is 8.42 Å². The van der Waals surface area contributed by atoms with Crippen molar-refractivity contribution < 1.29 is 17.9 Å². The molecule has 0 fully saturated rings. The third-order valence-corrected chi connectivity index (χ3v) is 6.71. The zero-order valence-corrected chi connectivity index (χ0v) is 17.4. The lowest BCUT2D eigenvalue weighted by Gasteiger charge is -2.08. The van der Waals surface area contributed by atoms with Gasteiger partial charge >= 0.3 is 0 Å². The number of benzene rings is 2. The number of amides is 1. The van der Waals surface area contributed by atoms with Gasteiger partial charge in [0.2, 0.25) is 0 Å². The summed E-state index contributed by atoms with van der Waals surface area (Å²) in [6.45, 7) is 1.46. The van der Waals surface area contributed by atoms with Crippen molar-refractivity contribution >= 4 is 43.2 Å². The number of carbonyl (C=O) groups is 1. The van der Waals surface area contributed by atoms with Crippen molar-refractivity contribution in [1.82, 2.24) is 9.71 Å². The van der Waals surface area contributed by atoms with E-state index >= 15 is 0 Å². The molecule has 140 valence electrons. The van der Waals surface area contributed by atoms with Crippen molar-refractivity contribution in [3.63, 3.8) is 0 Å². The minimum absolute atomic E-state index is 0.195. The lowest BCUT2D eigenvalue weighted by molar-refractivity contribution is -0.121. The normalized spacial score (nSPS) is 11.2. The van der Waals surface area contributed by atoms with E-state index in [4.69, 9.17) is 4.74 Å². The second-order valence-electron chi connectivity index (χ2n) is 5.59. The molecule has 1 N–H and O–H groups in total. The maximum absolute atomic E-state index is 12.3. The summed E-state index contributed by atoms with van der Waals surface area (Å²) in [4.78, 5) is 16.1. The summed E-state index contributed by atoms with van der Waals surface area (Å²) in [6.07, 6.45) is 0. The first kappa shape index (κ1) is 19.5. The molecule has 1 amide bonds. The van der Waals surface area contributed by atoms with E-state index in [-0.39, 0.29) is 5.03 Å². The second kappa shape index (κ2) is 8.20. The maximum atomic E-state index is 12.3. The van der Waals surface area contributed by atoms with Crippen LogP contribution in [0, 0.1) is 6.92 Å². The standard InChI is InChI=1S/C18H15BrN2O4S2/c1-12-9-14(7-8-15(12)19)25-10-16(22)21-27(23,24)17-11-26-18(20-17)13-5-3-2-4-6-13/h2-9,11H,10H2,1H3,(H,21,22). The molecule has 0 unspecified atom stereocenters. The van der Waals surface area contributed by atoms with E-state index in [1.807, 2.05) is 42.0 Å². The number of carbonyl (C=O) groups excluding carboxylic acids is 1. The molecule has 0 aliphatic carbocycles. The Balaban J connectivity index is 1.64. The average Bonchev–Trinajstić information content (AvgIpc) is 3.14. The van der Waals surface area contributed by atoms with Crippen molar-refractivity contribution in [3.05, 3.63) is 63.9 Å². The van der Waals surface area contributed by atoms with Crippen molar-refractivity contribution in [3.8, 4) is 16.3 Å². The van der Waals surface area contributed by atoms with Crippen LogP contribution in [0.5, 0.6) is 5.75 Å². The Hall–Kier alpha value is -2.23. The fourth-order valence-electron chi connectivity index (χ4n) is 2.18. The highest BCUT2D eigenvalue weighted by Crippen LogP contribution is 2.25. The van der Waals surface area contributed by atoms with Gasteiger partial charge in [-0.1, -0.05) is 46.3 Å². The van der Waals surface area contributed by atoms with E-state index in [2.05, 4.69) is 20.9 Å². The summed E-state index contributed by atoms with van der Waals surface area (Å²) in [7, 11) is -4.05. The van der Waals surface area contributed by atoms with Crippen molar-refractivity contribution in [1.29, 1.82) is 0 Å². The number of nitrogens with one attached hydrogen (secondary N) is 1. The summed E-state index contributed by atoms with van der Waals surface area (Å²) in [5.74, 6) is -0.298. The van der Waals surface area contributed by atoms with Gasteiger partial charge in [0.25, 0.3) is 15.9 Å². The summed E-state index contributed by atoms with van der Waals surface area (Å²) in [6, 6.07) is 14.4. The number of aryl methyl sites for hydroxylation is 1. The quantitative estimate of drug-likeness (QED) is 0.597. The predicted octanol–water partition coefficient (Wildman–Crippen LogP) is 3.76. The molecule has 0 spiro atoms. The van der Waals surface area contributed by atoms with Crippen LogP contribution in [0.4, 0.5) is 0 Å². The minimum atomic E-state index is -4.05. The van der Waals surface area contributed by atoms with E-state index in [1.54, 1.807) is 18.2 Å². The molecule has 0 radical (unpaired) electrons. The third-order valence-electron chi connectivity index (χ3n) is 3.53. The molecular formula is C18H15BrN2O4S2. The highest BCUT2D eigenvalue weighted by atomic mass is 79.9. The molecule has 0 atom stereocenters. The molecule has 6 nitrogen and oxygen atoms in total. The SMILES string of the molecule is Cc1cc(OCC(=O)NS(=O)(=O)c2csc(-c3ccccc3)n2)ccc1Br.